The summed E-state index contributed by atoms with van der Waals surface area (Å²) >= 11 is 0. The molecule has 0 saturated heterocycles. The number of carbonyl (C=O) groups is 6. The van der Waals surface area contributed by atoms with E-state index in [2.05, 4.69) is 0 Å². The first-order valence-electron chi connectivity index (χ1n) is 6.38. The van der Waals surface area contributed by atoms with Crippen LogP contribution >= 0.6 is 0 Å². The van der Waals surface area contributed by atoms with Crippen molar-refractivity contribution in [2.45, 2.75) is 37.6 Å². The van der Waals surface area contributed by atoms with Crippen LogP contribution in [0.5, 0.6) is 0 Å². The molecule has 3 unspecified atom stereocenters. The van der Waals surface area contributed by atoms with E-state index in [9.17, 15) is 59.4 Å². The Labute approximate surface area is 223 Å². The summed E-state index contributed by atoms with van der Waals surface area (Å²) < 4.78 is 0. The molecule has 0 rings (SSSR count). The molecule has 0 heterocycles. The third kappa shape index (κ3) is 32.2. The molecule has 1 radical (unpaired) electrons. The molecule has 0 fully saturated rings. The maximum Gasteiger partial charge on any atom is 3.00 e. The Morgan fingerprint density at radius 3 is 0.690 bits per heavy atom. The SMILES string of the molecule is O=C([O-])CC(O)C(=O)[O-].O=C([O-])CC(O)C(=O)[O-].O=C([O-])CC(O)C(=O)[O-].[Ce+3].[La+3]. The van der Waals surface area contributed by atoms with Gasteiger partial charge in [0.15, 0.2) is 0 Å². The van der Waals surface area contributed by atoms with E-state index in [0.717, 1.165) is 0 Å². The van der Waals surface area contributed by atoms with Crippen molar-refractivity contribution in [1.29, 1.82) is 0 Å². The summed E-state index contributed by atoms with van der Waals surface area (Å²) in [6, 6.07) is 0. The Kier molecular flexibility index (Phi) is 29.4. The summed E-state index contributed by atoms with van der Waals surface area (Å²) in [5.74, 6) is -10.3. The van der Waals surface area contributed by atoms with Gasteiger partial charge in [0.2, 0.25) is 0 Å². The topological polar surface area (TPSA) is 301 Å². The number of aliphatic carboxylic acids is 6. The predicted molar refractivity (Wildman–Crippen MR) is 61.9 cm³/mol. The molecule has 0 saturated carbocycles. The molecule has 0 amide bonds. The first-order valence-corrected chi connectivity index (χ1v) is 6.38. The molecule has 0 aromatic heterocycles. The molecule has 0 aliphatic heterocycles. The molecule has 0 aromatic carbocycles. The van der Waals surface area contributed by atoms with E-state index in [-0.39, 0.29) is 77.3 Å². The monoisotopic (exact) mass is 675 g/mol. The van der Waals surface area contributed by atoms with Gasteiger partial charge in [-0.2, -0.15) is 0 Å². The van der Waals surface area contributed by atoms with Crippen LogP contribution in [-0.2, 0) is 28.8 Å². The Bertz CT molecular complexity index is 475. The molecule has 3 N–H and O–H groups in total. The predicted octanol–water partition coefficient (Wildman–Crippen LogP) is -11.3. The van der Waals surface area contributed by atoms with Gasteiger partial charge >= 0.3 is 77.3 Å². The molecule has 3 atom stereocenters. The molecular formula is C12H12CeLaO15. The zero-order valence-electron chi connectivity index (χ0n) is 14.2. The number of hydrogen-bond donors (Lipinski definition) is 3. The van der Waals surface area contributed by atoms with Crippen molar-refractivity contribution in [3.8, 4) is 0 Å². The third-order valence-corrected chi connectivity index (χ3v) is 1.90. The van der Waals surface area contributed by atoms with Gasteiger partial charge < -0.3 is 74.7 Å². The molecule has 157 valence electrons. The van der Waals surface area contributed by atoms with E-state index in [1.807, 2.05) is 0 Å². The minimum Gasteiger partial charge on any atom is -0.550 e. The van der Waals surface area contributed by atoms with E-state index < -0.39 is 73.4 Å². The largest absolute Gasteiger partial charge is 3.00 e. The van der Waals surface area contributed by atoms with Gasteiger partial charge in [-0.15, -0.1) is 0 Å². The van der Waals surface area contributed by atoms with Gasteiger partial charge in [0.25, 0.3) is 0 Å². The van der Waals surface area contributed by atoms with Crippen LogP contribution in [0.4, 0.5) is 0 Å². The zero-order chi connectivity index (χ0) is 22.3. The van der Waals surface area contributed by atoms with E-state index >= 15 is 0 Å². The maximum atomic E-state index is 9.58. The summed E-state index contributed by atoms with van der Waals surface area (Å²) in [6.45, 7) is 0. The standard InChI is InChI=1S/3C4H6O5.Ce.La/c3*5-2(4(8)9)1-3(6)7;;/h3*2,5H,1H2,(H,6,7)(H,8,9);;/q;;;2*+3/p-6. The normalized spacial score (nSPS) is 11.7. The second-order valence-corrected chi connectivity index (χ2v) is 4.23. The van der Waals surface area contributed by atoms with Gasteiger partial charge in [-0.1, -0.05) is 0 Å². The molecule has 15 nitrogen and oxygen atoms in total. The second kappa shape index (κ2) is 22.0. The summed E-state index contributed by atoms with van der Waals surface area (Å²) in [6.07, 6.45) is -8.67. The molecule has 17 heteroatoms. The summed E-state index contributed by atoms with van der Waals surface area (Å²) in [4.78, 5) is 57.4. The molecule has 0 aliphatic rings. The van der Waals surface area contributed by atoms with Crippen molar-refractivity contribution < 1.29 is 152 Å². The van der Waals surface area contributed by atoms with Crippen LogP contribution in [0.2, 0.25) is 0 Å². The van der Waals surface area contributed by atoms with E-state index in [0.29, 0.717) is 0 Å². The summed E-state index contributed by atoms with van der Waals surface area (Å²) in [5, 5.41) is 82.0. The van der Waals surface area contributed by atoms with Gasteiger partial charge in [-0.05, 0) is 0 Å². The molecular weight excluding hydrogens is 663 g/mol. The fourth-order valence-corrected chi connectivity index (χ4v) is 0.724. The van der Waals surface area contributed by atoms with Gasteiger partial charge in [0, 0.05) is 37.2 Å². The van der Waals surface area contributed by atoms with E-state index in [1.54, 1.807) is 0 Å². The maximum absolute atomic E-state index is 9.58. The number of aliphatic hydroxyl groups excluding tert-OH is 3. The van der Waals surface area contributed by atoms with Crippen molar-refractivity contribution in [1.82, 2.24) is 0 Å². The number of carboxylic acids is 6. The van der Waals surface area contributed by atoms with Crippen molar-refractivity contribution in [3.05, 3.63) is 0 Å². The fraction of sp³-hybridized carbons (Fsp3) is 0.500. The van der Waals surface area contributed by atoms with Crippen LogP contribution in [0.15, 0.2) is 0 Å². The minimum absolute atomic E-state index is 0. The summed E-state index contributed by atoms with van der Waals surface area (Å²) in [5.41, 5.74) is 0. The summed E-state index contributed by atoms with van der Waals surface area (Å²) in [7, 11) is 0. The number of rotatable bonds is 9. The smallest absolute Gasteiger partial charge is 0.550 e. The molecule has 29 heavy (non-hydrogen) atoms. The first kappa shape index (κ1) is 38.8. The van der Waals surface area contributed by atoms with Crippen molar-refractivity contribution in [2.75, 3.05) is 0 Å². The van der Waals surface area contributed by atoms with Gasteiger partial charge in [-0.3, -0.25) is 0 Å². The van der Waals surface area contributed by atoms with Crippen molar-refractivity contribution in [2.24, 2.45) is 0 Å². The van der Waals surface area contributed by atoms with E-state index in [4.69, 9.17) is 15.3 Å². The number of carboxylic acid groups (broad SMARTS) is 6. The van der Waals surface area contributed by atoms with Gasteiger partial charge in [-0.25, -0.2) is 0 Å². The minimum atomic E-state index is -1.96. The van der Waals surface area contributed by atoms with Crippen LogP contribution in [-0.4, -0.2) is 69.4 Å². The van der Waals surface area contributed by atoms with Crippen LogP contribution < -0.4 is 30.6 Å². The number of aliphatic hydroxyl groups is 3. The average Bonchev–Trinajstić information content (AvgIpc) is 2.46. The quantitative estimate of drug-likeness (QED) is 0.204. The zero-order valence-corrected chi connectivity index (χ0v) is 20.9. The van der Waals surface area contributed by atoms with E-state index in [1.165, 1.54) is 0 Å². The van der Waals surface area contributed by atoms with Crippen molar-refractivity contribution >= 4 is 35.8 Å². The van der Waals surface area contributed by atoms with Crippen molar-refractivity contribution in [3.63, 3.8) is 0 Å². The van der Waals surface area contributed by atoms with Crippen LogP contribution in [0.1, 0.15) is 19.3 Å². The fourth-order valence-electron chi connectivity index (χ4n) is 0.724. The Morgan fingerprint density at radius 1 is 0.517 bits per heavy atom. The molecule has 0 aliphatic carbocycles. The van der Waals surface area contributed by atoms with Gasteiger partial charge in [0.1, 0.15) is 0 Å². The second-order valence-electron chi connectivity index (χ2n) is 4.23. The molecule has 0 bridgehead atoms. The Hall–Kier alpha value is -0.729. The van der Waals surface area contributed by atoms with Gasteiger partial charge in [0.05, 0.1) is 36.2 Å². The van der Waals surface area contributed by atoms with Crippen LogP contribution in [0.25, 0.3) is 0 Å². The molecule has 0 aromatic rings. The first-order chi connectivity index (χ1) is 12.1. The van der Waals surface area contributed by atoms with Crippen LogP contribution in [0, 0.1) is 77.3 Å². The number of hydrogen-bond acceptors (Lipinski definition) is 15. The van der Waals surface area contributed by atoms with Crippen LogP contribution in [0.3, 0.4) is 0 Å². The average molecular weight is 675 g/mol. The Morgan fingerprint density at radius 2 is 0.655 bits per heavy atom. The third-order valence-electron chi connectivity index (χ3n) is 1.90. The molecule has 0 spiro atoms. The number of carbonyl (C=O) groups excluding carboxylic acids is 6. The Balaban J connectivity index is -0.0000000960.